The average Bonchev–Trinajstić information content (AvgIpc) is 2.30. The Balaban J connectivity index is 3.12. The lowest BCUT2D eigenvalue weighted by atomic mass is 9.98. The van der Waals surface area contributed by atoms with Crippen molar-refractivity contribution in [3.05, 3.63) is 23.5 Å². The molecule has 1 aromatic heterocycles. The van der Waals surface area contributed by atoms with E-state index in [0.717, 1.165) is 0 Å². The minimum atomic E-state index is 0.627. The van der Waals surface area contributed by atoms with E-state index in [2.05, 4.69) is 51.6 Å². The van der Waals surface area contributed by atoms with Gasteiger partial charge in [0, 0.05) is 18.9 Å². The number of nitrogens with zero attached hydrogens (tertiary/aromatic N) is 1. The van der Waals surface area contributed by atoms with Crippen LogP contribution in [0.4, 0.5) is 0 Å². The third kappa shape index (κ3) is 1.55. The molecule has 0 amide bonds. The number of aryl methyl sites for hydroxylation is 1. The van der Waals surface area contributed by atoms with E-state index >= 15 is 0 Å². The molecule has 1 heteroatoms. The summed E-state index contributed by atoms with van der Waals surface area (Å²) in [6, 6.07) is 2.24. The molecule has 0 N–H and O–H groups in total. The van der Waals surface area contributed by atoms with Crippen molar-refractivity contribution in [2.75, 3.05) is 0 Å². The van der Waals surface area contributed by atoms with Crippen LogP contribution in [0.2, 0.25) is 0 Å². The molecule has 12 heavy (non-hydrogen) atoms. The van der Waals surface area contributed by atoms with Gasteiger partial charge in [0.15, 0.2) is 0 Å². The lowest BCUT2D eigenvalue weighted by molar-refractivity contribution is 0.710. The molecule has 0 aromatic carbocycles. The number of hydrogen-bond acceptors (Lipinski definition) is 0. The van der Waals surface area contributed by atoms with E-state index in [1.807, 2.05) is 0 Å². The maximum atomic E-state index is 2.25. The van der Waals surface area contributed by atoms with Gasteiger partial charge >= 0.3 is 0 Å². The van der Waals surface area contributed by atoms with Crippen molar-refractivity contribution in [3.8, 4) is 0 Å². The molecule has 0 unspecified atom stereocenters. The maximum Gasteiger partial charge on any atom is 0.0232 e. The molecule has 0 saturated carbocycles. The van der Waals surface area contributed by atoms with Crippen LogP contribution in [-0.4, -0.2) is 4.57 Å². The molecule has 68 valence electrons. The van der Waals surface area contributed by atoms with Crippen LogP contribution in [0.3, 0.4) is 0 Å². The van der Waals surface area contributed by atoms with Crippen LogP contribution in [0.5, 0.6) is 0 Å². The molecule has 1 aromatic rings. The minimum absolute atomic E-state index is 0.627. The standard InChI is InChI=1S/C11H19N/c1-8(2)10-6-7-12(5)11(10)9(3)4/h6-9H,1-5H3. The Kier molecular flexibility index (Phi) is 2.61. The number of rotatable bonds is 2. The third-order valence-corrected chi connectivity index (χ3v) is 2.32. The molecule has 0 atom stereocenters. The largest absolute Gasteiger partial charge is 0.354 e. The molecular formula is C11H19N. The molecule has 0 bridgehead atoms. The lowest BCUT2D eigenvalue weighted by Gasteiger charge is -2.13. The fourth-order valence-electron chi connectivity index (χ4n) is 1.79. The van der Waals surface area contributed by atoms with E-state index in [0.29, 0.717) is 11.8 Å². The van der Waals surface area contributed by atoms with Crippen LogP contribution in [0.15, 0.2) is 12.3 Å². The zero-order valence-electron chi connectivity index (χ0n) is 8.76. The lowest BCUT2D eigenvalue weighted by Crippen LogP contribution is -2.01. The highest BCUT2D eigenvalue weighted by atomic mass is 14.9. The van der Waals surface area contributed by atoms with Crippen LogP contribution < -0.4 is 0 Å². The molecule has 1 heterocycles. The van der Waals surface area contributed by atoms with Gasteiger partial charge in [-0.3, -0.25) is 0 Å². The average molecular weight is 165 g/mol. The highest BCUT2D eigenvalue weighted by Crippen LogP contribution is 2.26. The van der Waals surface area contributed by atoms with Gasteiger partial charge in [-0.15, -0.1) is 0 Å². The zero-order chi connectivity index (χ0) is 9.30. The summed E-state index contributed by atoms with van der Waals surface area (Å²) in [5, 5.41) is 0. The summed E-state index contributed by atoms with van der Waals surface area (Å²) >= 11 is 0. The van der Waals surface area contributed by atoms with E-state index < -0.39 is 0 Å². The first kappa shape index (κ1) is 9.37. The number of aromatic nitrogens is 1. The Hall–Kier alpha value is -0.720. The monoisotopic (exact) mass is 165 g/mol. The normalized spacial score (nSPS) is 11.6. The molecule has 0 radical (unpaired) electrons. The number of hydrogen-bond donors (Lipinski definition) is 0. The zero-order valence-corrected chi connectivity index (χ0v) is 8.76. The van der Waals surface area contributed by atoms with Gasteiger partial charge in [-0.25, -0.2) is 0 Å². The summed E-state index contributed by atoms with van der Waals surface area (Å²) in [6.45, 7) is 9.00. The minimum Gasteiger partial charge on any atom is -0.354 e. The van der Waals surface area contributed by atoms with Crippen molar-refractivity contribution in [2.45, 2.75) is 39.5 Å². The predicted octanol–water partition coefficient (Wildman–Crippen LogP) is 3.27. The third-order valence-electron chi connectivity index (χ3n) is 2.32. The quantitative estimate of drug-likeness (QED) is 0.634. The van der Waals surface area contributed by atoms with Gasteiger partial charge in [-0.05, 0) is 23.5 Å². The van der Waals surface area contributed by atoms with Gasteiger partial charge in [-0.2, -0.15) is 0 Å². The molecule has 1 rings (SSSR count). The molecule has 0 spiro atoms. The van der Waals surface area contributed by atoms with Crippen molar-refractivity contribution in [1.29, 1.82) is 0 Å². The predicted molar refractivity (Wildman–Crippen MR) is 53.6 cm³/mol. The smallest absolute Gasteiger partial charge is 0.0232 e. The molecule has 1 nitrogen and oxygen atoms in total. The Morgan fingerprint density at radius 2 is 1.67 bits per heavy atom. The maximum absolute atomic E-state index is 2.25. The topological polar surface area (TPSA) is 4.93 Å². The molecular weight excluding hydrogens is 146 g/mol. The SMILES string of the molecule is CC(C)c1ccn(C)c1C(C)C. The van der Waals surface area contributed by atoms with Crippen LogP contribution >= 0.6 is 0 Å². The van der Waals surface area contributed by atoms with Crippen molar-refractivity contribution in [1.82, 2.24) is 4.57 Å². The molecule has 0 aliphatic rings. The fraction of sp³-hybridized carbons (Fsp3) is 0.636. The van der Waals surface area contributed by atoms with Crippen molar-refractivity contribution in [2.24, 2.45) is 7.05 Å². The summed E-state index contributed by atoms with van der Waals surface area (Å²) in [7, 11) is 2.13. The van der Waals surface area contributed by atoms with Crippen molar-refractivity contribution in [3.63, 3.8) is 0 Å². The Morgan fingerprint density at radius 1 is 1.08 bits per heavy atom. The first-order valence-corrected chi connectivity index (χ1v) is 4.69. The Bertz CT molecular complexity index is 256. The highest BCUT2D eigenvalue weighted by molar-refractivity contribution is 5.27. The van der Waals surface area contributed by atoms with E-state index in [4.69, 9.17) is 0 Å². The summed E-state index contributed by atoms with van der Waals surface area (Å²) in [4.78, 5) is 0. The highest BCUT2D eigenvalue weighted by Gasteiger charge is 2.12. The van der Waals surface area contributed by atoms with Crippen LogP contribution in [0.1, 0.15) is 50.8 Å². The molecule has 0 aliphatic carbocycles. The second-order valence-corrected chi connectivity index (χ2v) is 4.08. The van der Waals surface area contributed by atoms with Gasteiger partial charge in [0.1, 0.15) is 0 Å². The fourth-order valence-corrected chi connectivity index (χ4v) is 1.79. The Morgan fingerprint density at radius 3 is 2.00 bits per heavy atom. The summed E-state index contributed by atoms with van der Waals surface area (Å²) in [6.07, 6.45) is 2.16. The van der Waals surface area contributed by atoms with Crippen LogP contribution in [0.25, 0.3) is 0 Å². The van der Waals surface area contributed by atoms with Crippen molar-refractivity contribution >= 4 is 0 Å². The molecule has 0 aliphatic heterocycles. The van der Waals surface area contributed by atoms with Gasteiger partial charge in [0.25, 0.3) is 0 Å². The molecule has 0 fully saturated rings. The van der Waals surface area contributed by atoms with Crippen LogP contribution in [-0.2, 0) is 7.05 Å². The molecule has 0 saturated heterocycles. The van der Waals surface area contributed by atoms with E-state index in [9.17, 15) is 0 Å². The summed E-state index contributed by atoms with van der Waals surface area (Å²) in [5.74, 6) is 1.27. The first-order chi connectivity index (χ1) is 5.54. The van der Waals surface area contributed by atoms with Gasteiger partial charge in [-0.1, -0.05) is 27.7 Å². The van der Waals surface area contributed by atoms with Gasteiger partial charge in [0.2, 0.25) is 0 Å². The summed E-state index contributed by atoms with van der Waals surface area (Å²) in [5.41, 5.74) is 2.97. The van der Waals surface area contributed by atoms with E-state index in [-0.39, 0.29) is 0 Å². The van der Waals surface area contributed by atoms with E-state index in [1.54, 1.807) is 0 Å². The van der Waals surface area contributed by atoms with Crippen LogP contribution in [0, 0.1) is 0 Å². The van der Waals surface area contributed by atoms with Crippen molar-refractivity contribution < 1.29 is 0 Å². The second kappa shape index (κ2) is 3.34. The van der Waals surface area contributed by atoms with Gasteiger partial charge < -0.3 is 4.57 Å². The Labute approximate surface area is 75.4 Å². The first-order valence-electron chi connectivity index (χ1n) is 4.69. The summed E-state index contributed by atoms with van der Waals surface area (Å²) < 4.78 is 2.24. The second-order valence-electron chi connectivity index (χ2n) is 4.08. The van der Waals surface area contributed by atoms with E-state index in [1.165, 1.54) is 11.3 Å². The van der Waals surface area contributed by atoms with Gasteiger partial charge in [0.05, 0.1) is 0 Å².